The Labute approximate surface area is 147 Å². The molecule has 0 spiro atoms. The van der Waals surface area contributed by atoms with E-state index in [2.05, 4.69) is 16.0 Å². The van der Waals surface area contributed by atoms with Crippen LogP contribution in [0.1, 0.15) is 6.42 Å². The van der Waals surface area contributed by atoms with Crippen LogP contribution >= 0.6 is 23.1 Å². The van der Waals surface area contributed by atoms with Crippen LogP contribution in [-0.2, 0) is 6.54 Å². The van der Waals surface area contributed by atoms with Crippen molar-refractivity contribution in [1.82, 2.24) is 14.5 Å². The Kier molecular flexibility index (Phi) is 3.06. The van der Waals surface area contributed by atoms with Crippen molar-refractivity contribution in [3.05, 3.63) is 39.9 Å². The highest BCUT2D eigenvalue weighted by atomic mass is 32.2. The topological polar surface area (TPSA) is 51.0 Å². The van der Waals surface area contributed by atoms with Crippen LogP contribution < -0.4 is 10.5 Å². The molecule has 2 unspecified atom stereocenters. The van der Waals surface area contributed by atoms with Gasteiger partial charge in [0, 0.05) is 30.4 Å². The van der Waals surface area contributed by atoms with Gasteiger partial charge in [-0.2, -0.15) is 0 Å². The van der Waals surface area contributed by atoms with Gasteiger partial charge >= 0.3 is 0 Å². The summed E-state index contributed by atoms with van der Waals surface area (Å²) in [7, 11) is 3.99. The Balaban J connectivity index is 1.66. The minimum Gasteiger partial charge on any atom is -0.377 e. The van der Waals surface area contributed by atoms with E-state index in [0.29, 0.717) is 11.2 Å². The molecule has 3 aromatic rings. The Morgan fingerprint density at radius 2 is 2.25 bits per heavy atom. The Bertz CT molecular complexity index is 1070. The van der Waals surface area contributed by atoms with Gasteiger partial charge in [0.25, 0.3) is 5.56 Å². The van der Waals surface area contributed by atoms with Gasteiger partial charge in [-0.25, -0.2) is 9.97 Å². The SMILES string of the molecule is CN(C)c1ccnc2sc3c(=O)n(CC4=CC5CC5S4)cnc3c12. The van der Waals surface area contributed by atoms with E-state index in [-0.39, 0.29) is 5.56 Å². The van der Waals surface area contributed by atoms with Gasteiger partial charge in [0.05, 0.1) is 29.5 Å². The van der Waals surface area contributed by atoms with E-state index in [1.165, 1.54) is 22.7 Å². The quantitative estimate of drug-likeness (QED) is 0.722. The second kappa shape index (κ2) is 5.07. The first-order valence-corrected chi connectivity index (χ1v) is 9.63. The van der Waals surface area contributed by atoms with Crippen molar-refractivity contribution in [2.75, 3.05) is 19.0 Å². The number of anilines is 1. The number of fused-ring (bicyclic) bond motifs is 4. The van der Waals surface area contributed by atoms with E-state index in [0.717, 1.165) is 32.6 Å². The highest BCUT2D eigenvalue weighted by molar-refractivity contribution is 8.04. The zero-order valence-electron chi connectivity index (χ0n) is 13.4. The molecular weight excluding hydrogens is 340 g/mol. The van der Waals surface area contributed by atoms with Crippen LogP contribution in [0.3, 0.4) is 0 Å². The van der Waals surface area contributed by atoms with E-state index in [9.17, 15) is 4.79 Å². The van der Waals surface area contributed by atoms with Gasteiger partial charge in [0.2, 0.25) is 0 Å². The molecule has 3 aromatic heterocycles. The molecule has 2 atom stereocenters. The van der Waals surface area contributed by atoms with Crippen LogP contribution in [0.5, 0.6) is 0 Å². The van der Waals surface area contributed by atoms with Gasteiger partial charge < -0.3 is 4.90 Å². The summed E-state index contributed by atoms with van der Waals surface area (Å²) in [4.78, 5) is 26.2. The fourth-order valence-electron chi connectivity index (χ4n) is 3.29. The lowest BCUT2D eigenvalue weighted by Crippen LogP contribution is -2.20. The number of thioether (sulfide) groups is 1. The van der Waals surface area contributed by atoms with E-state index in [1.807, 2.05) is 36.8 Å². The largest absolute Gasteiger partial charge is 0.377 e. The fraction of sp³-hybridized carbons (Fsp3) is 0.353. The normalized spacial score (nSPS) is 22.0. The molecule has 122 valence electrons. The van der Waals surface area contributed by atoms with E-state index in [1.54, 1.807) is 17.1 Å². The van der Waals surface area contributed by atoms with Crippen molar-refractivity contribution in [1.29, 1.82) is 0 Å². The van der Waals surface area contributed by atoms with Crippen molar-refractivity contribution in [3.63, 3.8) is 0 Å². The van der Waals surface area contributed by atoms with Crippen molar-refractivity contribution in [2.24, 2.45) is 5.92 Å². The molecule has 7 heteroatoms. The Hall–Kier alpha value is -1.86. The van der Waals surface area contributed by atoms with Crippen molar-refractivity contribution >= 4 is 49.2 Å². The molecule has 1 fully saturated rings. The molecule has 0 radical (unpaired) electrons. The van der Waals surface area contributed by atoms with Crippen molar-refractivity contribution in [2.45, 2.75) is 18.2 Å². The molecule has 0 saturated heterocycles. The monoisotopic (exact) mass is 356 g/mol. The number of aromatic nitrogens is 3. The van der Waals surface area contributed by atoms with E-state index >= 15 is 0 Å². The van der Waals surface area contributed by atoms with Crippen LogP contribution in [0.2, 0.25) is 0 Å². The first-order chi connectivity index (χ1) is 11.6. The summed E-state index contributed by atoms with van der Waals surface area (Å²) in [5, 5.41) is 1.74. The van der Waals surface area contributed by atoms with Crippen LogP contribution in [0.4, 0.5) is 5.69 Å². The lowest BCUT2D eigenvalue weighted by atomic mass is 10.2. The van der Waals surface area contributed by atoms with Crippen molar-refractivity contribution in [3.8, 4) is 0 Å². The van der Waals surface area contributed by atoms with Crippen LogP contribution in [0.15, 0.2) is 34.4 Å². The summed E-state index contributed by atoms with van der Waals surface area (Å²) in [5.41, 5.74) is 1.85. The minimum absolute atomic E-state index is 0.0368. The number of nitrogens with zero attached hydrogens (tertiary/aromatic N) is 4. The second-order valence-electron chi connectivity index (χ2n) is 6.55. The highest BCUT2D eigenvalue weighted by Gasteiger charge is 2.41. The van der Waals surface area contributed by atoms with Crippen LogP contribution in [0, 0.1) is 5.92 Å². The molecule has 4 heterocycles. The minimum atomic E-state index is 0.0368. The summed E-state index contributed by atoms with van der Waals surface area (Å²) in [6, 6.07) is 1.97. The molecule has 24 heavy (non-hydrogen) atoms. The second-order valence-corrected chi connectivity index (χ2v) is 8.92. The average molecular weight is 356 g/mol. The third-order valence-electron chi connectivity index (χ3n) is 4.62. The zero-order chi connectivity index (χ0) is 16.4. The smallest absolute Gasteiger partial charge is 0.271 e. The fourth-order valence-corrected chi connectivity index (χ4v) is 5.78. The molecule has 0 amide bonds. The van der Waals surface area contributed by atoms with E-state index in [4.69, 9.17) is 0 Å². The third kappa shape index (κ3) is 2.11. The molecule has 0 aromatic carbocycles. The zero-order valence-corrected chi connectivity index (χ0v) is 15.0. The number of rotatable bonds is 3. The standard InChI is InChI=1S/C17H16N4OS2/c1-20(2)11-3-4-18-16-13(11)14-15(24-16)17(22)21(8-19-14)7-10-5-9-6-12(9)23-10/h3-5,8-9,12H,6-7H2,1-2H3. The maximum absolute atomic E-state index is 12.9. The maximum atomic E-state index is 12.9. The summed E-state index contributed by atoms with van der Waals surface area (Å²) in [5.74, 6) is 0.744. The molecule has 5 rings (SSSR count). The molecule has 2 aliphatic rings. The van der Waals surface area contributed by atoms with Gasteiger partial charge in [-0.15, -0.1) is 23.1 Å². The molecule has 1 aliphatic heterocycles. The summed E-state index contributed by atoms with van der Waals surface area (Å²) in [6.07, 6.45) is 7.10. The predicted octanol–water partition coefficient (Wildman–Crippen LogP) is 3.09. The molecule has 0 N–H and O–H groups in total. The Morgan fingerprint density at radius 3 is 3.00 bits per heavy atom. The van der Waals surface area contributed by atoms with E-state index < -0.39 is 0 Å². The van der Waals surface area contributed by atoms with Crippen LogP contribution in [0.25, 0.3) is 20.4 Å². The maximum Gasteiger partial charge on any atom is 0.271 e. The van der Waals surface area contributed by atoms with Crippen molar-refractivity contribution < 1.29 is 0 Å². The number of hydrogen-bond acceptors (Lipinski definition) is 6. The van der Waals surface area contributed by atoms with Gasteiger partial charge in [0.1, 0.15) is 9.53 Å². The average Bonchev–Trinajstić information content (AvgIpc) is 3.01. The first kappa shape index (κ1) is 14.5. The highest BCUT2D eigenvalue weighted by Crippen LogP contribution is 2.53. The summed E-state index contributed by atoms with van der Waals surface area (Å²) in [6.45, 7) is 0.641. The lowest BCUT2D eigenvalue weighted by molar-refractivity contribution is 0.759. The van der Waals surface area contributed by atoms with Gasteiger partial charge in [-0.05, 0) is 18.4 Å². The number of hydrogen-bond donors (Lipinski definition) is 0. The van der Waals surface area contributed by atoms with Gasteiger partial charge in [-0.3, -0.25) is 9.36 Å². The molecule has 0 bridgehead atoms. The van der Waals surface area contributed by atoms with Crippen LogP contribution in [-0.4, -0.2) is 33.9 Å². The summed E-state index contributed by atoms with van der Waals surface area (Å²) >= 11 is 3.36. The Morgan fingerprint density at radius 1 is 1.38 bits per heavy atom. The molecule has 1 aliphatic carbocycles. The van der Waals surface area contributed by atoms with Gasteiger partial charge in [-0.1, -0.05) is 6.08 Å². The number of thiophene rings is 1. The number of allylic oxidation sites excluding steroid dienone is 2. The number of pyridine rings is 1. The van der Waals surface area contributed by atoms with Gasteiger partial charge in [0.15, 0.2) is 0 Å². The molecule has 5 nitrogen and oxygen atoms in total. The molecule has 1 saturated carbocycles. The third-order valence-corrected chi connectivity index (χ3v) is 7.10. The first-order valence-electron chi connectivity index (χ1n) is 7.93. The molecular formula is C17H16N4OS2. The predicted molar refractivity (Wildman–Crippen MR) is 101 cm³/mol. The summed E-state index contributed by atoms with van der Waals surface area (Å²) < 4.78 is 2.43. The lowest BCUT2D eigenvalue weighted by Gasteiger charge is -2.13.